The second kappa shape index (κ2) is 9.61. The number of aromatic nitrogens is 3. The number of rotatable bonds is 7. The Morgan fingerprint density at radius 1 is 1.00 bits per heavy atom. The lowest BCUT2D eigenvalue weighted by atomic mass is 10.1. The van der Waals surface area contributed by atoms with Gasteiger partial charge < -0.3 is 20.8 Å². The minimum Gasteiger partial charge on any atom is -0.396 e. The summed E-state index contributed by atoms with van der Waals surface area (Å²) in [6.07, 6.45) is 0.605. The highest BCUT2D eigenvalue weighted by Crippen LogP contribution is 2.39. The van der Waals surface area contributed by atoms with Crippen LogP contribution in [0, 0.1) is 5.92 Å². The molecule has 9 heteroatoms. The molecule has 1 aliphatic carbocycles. The summed E-state index contributed by atoms with van der Waals surface area (Å²) in [5.74, 6) is 0.964. The SMILES string of the molecule is OC[C@@H]1C[C@@H](O)[C@H](Nc2nc(NCc3ccccc3)nc(Cl)c2-c2nc3ccccc3s2)C1. The molecule has 0 bridgehead atoms. The van der Waals surface area contributed by atoms with Crippen molar-refractivity contribution in [3.8, 4) is 10.6 Å². The Balaban J connectivity index is 1.50. The zero-order valence-electron chi connectivity index (χ0n) is 17.8. The molecule has 0 saturated heterocycles. The van der Waals surface area contributed by atoms with E-state index in [-0.39, 0.29) is 23.7 Å². The van der Waals surface area contributed by atoms with Crippen LogP contribution in [0.4, 0.5) is 11.8 Å². The predicted octanol–water partition coefficient (Wildman–Crippen LogP) is 4.56. The molecule has 2 heterocycles. The molecule has 7 nitrogen and oxygen atoms in total. The molecular weight excluding hydrogens is 458 g/mol. The zero-order valence-corrected chi connectivity index (χ0v) is 19.4. The second-order valence-corrected chi connectivity index (χ2v) is 9.61. The quantitative estimate of drug-likeness (QED) is 0.287. The minimum atomic E-state index is -0.583. The third-order valence-corrected chi connectivity index (χ3v) is 7.20. The molecule has 170 valence electrons. The van der Waals surface area contributed by atoms with Crippen molar-refractivity contribution < 1.29 is 10.2 Å². The van der Waals surface area contributed by atoms with Crippen LogP contribution in [0.5, 0.6) is 0 Å². The molecule has 1 saturated carbocycles. The molecule has 0 radical (unpaired) electrons. The van der Waals surface area contributed by atoms with Gasteiger partial charge in [-0.3, -0.25) is 0 Å². The van der Waals surface area contributed by atoms with Crippen molar-refractivity contribution >= 4 is 44.9 Å². The maximum Gasteiger partial charge on any atom is 0.226 e. The van der Waals surface area contributed by atoms with Crippen LogP contribution in [0.1, 0.15) is 18.4 Å². The monoisotopic (exact) mass is 481 g/mol. The first-order valence-corrected chi connectivity index (χ1v) is 12.1. The largest absolute Gasteiger partial charge is 0.396 e. The van der Waals surface area contributed by atoms with E-state index in [9.17, 15) is 10.2 Å². The fourth-order valence-electron chi connectivity index (χ4n) is 4.16. The molecule has 0 unspecified atom stereocenters. The van der Waals surface area contributed by atoms with Crippen molar-refractivity contribution in [2.75, 3.05) is 17.2 Å². The van der Waals surface area contributed by atoms with Gasteiger partial charge in [0.1, 0.15) is 16.0 Å². The lowest BCUT2D eigenvalue weighted by Gasteiger charge is -2.20. The number of hydrogen-bond acceptors (Lipinski definition) is 8. The number of aliphatic hydroxyl groups excluding tert-OH is 2. The van der Waals surface area contributed by atoms with E-state index in [1.165, 1.54) is 11.3 Å². The number of para-hydroxylation sites is 1. The first kappa shape index (κ1) is 22.0. The molecule has 3 atom stereocenters. The van der Waals surface area contributed by atoms with Crippen LogP contribution in [0.15, 0.2) is 54.6 Å². The first-order chi connectivity index (χ1) is 16.1. The molecular formula is C24H24ClN5O2S. The van der Waals surface area contributed by atoms with Crippen LogP contribution >= 0.6 is 22.9 Å². The van der Waals surface area contributed by atoms with Gasteiger partial charge in [-0.1, -0.05) is 54.1 Å². The van der Waals surface area contributed by atoms with E-state index in [0.717, 1.165) is 15.8 Å². The van der Waals surface area contributed by atoms with Gasteiger partial charge in [0, 0.05) is 13.2 Å². The van der Waals surface area contributed by atoms with E-state index in [2.05, 4.69) is 15.6 Å². The van der Waals surface area contributed by atoms with Gasteiger partial charge in [-0.05, 0) is 36.5 Å². The van der Waals surface area contributed by atoms with Crippen LogP contribution < -0.4 is 10.6 Å². The number of fused-ring (bicyclic) bond motifs is 1. The maximum atomic E-state index is 10.5. The lowest BCUT2D eigenvalue weighted by molar-refractivity contribution is 0.157. The van der Waals surface area contributed by atoms with E-state index in [1.54, 1.807) is 0 Å². The van der Waals surface area contributed by atoms with Crippen LogP contribution in [-0.2, 0) is 6.54 Å². The van der Waals surface area contributed by atoms with E-state index < -0.39 is 6.10 Å². The Morgan fingerprint density at radius 3 is 2.55 bits per heavy atom. The molecule has 1 fully saturated rings. The van der Waals surface area contributed by atoms with Crippen LogP contribution in [0.3, 0.4) is 0 Å². The van der Waals surface area contributed by atoms with Crippen molar-refractivity contribution in [3.63, 3.8) is 0 Å². The van der Waals surface area contributed by atoms with Gasteiger partial charge in [0.2, 0.25) is 5.95 Å². The van der Waals surface area contributed by atoms with E-state index >= 15 is 0 Å². The van der Waals surface area contributed by atoms with Gasteiger partial charge in [-0.2, -0.15) is 4.98 Å². The van der Waals surface area contributed by atoms with Crippen molar-refractivity contribution in [1.29, 1.82) is 0 Å². The molecule has 1 aliphatic rings. The number of aliphatic hydroxyl groups is 2. The van der Waals surface area contributed by atoms with Crippen molar-refractivity contribution in [2.24, 2.45) is 5.92 Å². The summed E-state index contributed by atoms with van der Waals surface area (Å²) in [7, 11) is 0. The number of nitrogens with one attached hydrogen (secondary N) is 2. The summed E-state index contributed by atoms with van der Waals surface area (Å²) in [6.45, 7) is 0.601. The zero-order chi connectivity index (χ0) is 22.8. The lowest BCUT2D eigenvalue weighted by Crippen LogP contribution is -2.29. The highest BCUT2D eigenvalue weighted by molar-refractivity contribution is 7.21. The Bertz CT molecular complexity index is 1220. The van der Waals surface area contributed by atoms with E-state index in [4.69, 9.17) is 21.6 Å². The molecule has 2 aromatic heterocycles. The second-order valence-electron chi connectivity index (χ2n) is 8.23. The number of thiazole rings is 1. The van der Waals surface area contributed by atoms with Crippen LogP contribution in [-0.4, -0.2) is 43.9 Å². The van der Waals surface area contributed by atoms with Crippen molar-refractivity contribution in [3.05, 3.63) is 65.3 Å². The summed E-state index contributed by atoms with van der Waals surface area (Å²) >= 11 is 8.21. The smallest absolute Gasteiger partial charge is 0.226 e. The van der Waals surface area contributed by atoms with E-state index in [1.807, 2.05) is 54.6 Å². The van der Waals surface area contributed by atoms with Gasteiger partial charge in [0.05, 0.1) is 27.9 Å². The Labute approximate surface area is 200 Å². The number of anilines is 2. The predicted molar refractivity (Wildman–Crippen MR) is 133 cm³/mol. The van der Waals surface area contributed by atoms with Crippen molar-refractivity contribution in [1.82, 2.24) is 15.0 Å². The topological polar surface area (TPSA) is 103 Å². The average molecular weight is 482 g/mol. The Morgan fingerprint density at radius 2 is 1.79 bits per heavy atom. The van der Waals surface area contributed by atoms with Crippen molar-refractivity contribution in [2.45, 2.75) is 31.5 Å². The normalized spacial score (nSPS) is 20.3. The number of hydrogen-bond donors (Lipinski definition) is 4. The highest BCUT2D eigenvalue weighted by atomic mass is 35.5. The molecule has 2 aromatic carbocycles. The summed E-state index contributed by atoms with van der Waals surface area (Å²) in [4.78, 5) is 14.0. The van der Waals surface area contributed by atoms with Crippen LogP contribution in [0.2, 0.25) is 5.15 Å². The van der Waals surface area contributed by atoms with Gasteiger partial charge in [-0.15, -0.1) is 11.3 Å². The summed E-state index contributed by atoms with van der Waals surface area (Å²) in [5, 5.41) is 27.7. The number of halogens is 1. The molecule has 33 heavy (non-hydrogen) atoms. The number of benzene rings is 2. The van der Waals surface area contributed by atoms with E-state index in [0.29, 0.717) is 41.7 Å². The first-order valence-electron chi connectivity index (χ1n) is 10.9. The average Bonchev–Trinajstić information content (AvgIpc) is 3.41. The molecule has 0 aliphatic heterocycles. The van der Waals surface area contributed by atoms with Crippen LogP contribution in [0.25, 0.3) is 20.8 Å². The molecule has 0 spiro atoms. The Kier molecular flexibility index (Phi) is 6.41. The van der Waals surface area contributed by atoms with Gasteiger partial charge >= 0.3 is 0 Å². The number of nitrogens with zero attached hydrogens (tertiary/aromatic N) is 3. The highest BCUT2D eigenvalue weighted by Gasteiger charge is 2.34. The van der Waals surface area contributed by atoms with Gasteiger partial charge in [0.15, 0.2) is 0 Å². The summed E-state index contributed by atoms with van der Waals surface area (Å²) in [5.41, 5.74) is 2.59. The maximum absolute atomic E-state index is 10.5. The molecule has 4 aromatic rings. The third-order valence-electron chi connectivity index (χ3n) is 5.87. The fourth-order valence-corrected chi connectivity index (χ4v) is 5.49. The standard InChI is InChI=1S/C24H24ClN5O2S/c25-21-20(23-28-16-8-4-5-9-19(16)33-23)22(27-17-10-15(13-31)11-18(17)32)30-24(29-21)26-12-14-6-2-1-3-7-14/h1-9,15,17-18,31-32H,10-13H2,(H2,26,27,29,30)/t15-,17+,18+/m0/s1. The minimum absolute atomic E-state index is 0.0500. The fraction of sp³-hybridized carbons (Fsp3) is 0.292. The molecule has 5 rings (SSSR count). The Hall–Kier alpha value is -2.78. The third kappa shape index (κ3) is 4.79. The molecule has 0 amide bonds. The van der Waals surface area contributed by atoms with Gasteiger partial charge in [0.25, 0.3) is 0 Å². The van der Waals surface area contributed by atoms with Gasteiger partial charge in [-0.25, -0.2) is 9.97 Å². The summed E-state index contributed by atoms with van der Waals surface area (Å²) in [6, 6.07) is 17.6. The molecule has 4 N–H and O–H groups in total. The summed E-state index contributed by atoms with van der Waals surface area (Å²) < 4.78 is 1.04.